The van der Waals surface area contributed by atoms with E-state index < -0.39 is 6.04 Å². The molecule has 0 radical (unpaired) electrons. The first-order valence-electron chi connectivity index (χ1n) is 8.09. The minimum absolute atomic E-state index is 0.151. The van der Waals surface area contributed by atoms with Crippen molar-refractivity contribution in [1.82, 2.24) is 25.3 Å². The van der Waals surface area contributed by atoms with Gasteiger partial charge in [0, 0.05) is 31.4 Å². The van der Waals surface area contributed by atoms with E-state index in [4.69, 9.17) is 0 Å². The first-order chi connectivity index (χ1) is 12.0. The molecule has 0 aliphatic carbocycles. The third-order valence-electron chi connectivity index (χ3n) is 4.28. The fourth-order valence-electron chi connectivity index (χ4n) is 2.73. The van der Waals surface area contributed by atoms with Gasteiger partial charge >= 0.3 is 6.03 Å². The van der Waals surface area contributed by atoms with Crippen LogP contribution in [0, 0.1) is 12.7 Å². The smallest absolute Gasteiger partial charge is 0.318 e. The summed E-state index contributed by atoms with van der Waals surface area (Å²) in [6.45, 7) is 4.78. The van der Waals surface area contributed by atoms with E-state index in [0.29, 0.717) is 19.6 Å². The Balaban J connectivity index is 1.66. The summed E-state index contributed by atoms with van der Waals surface area (Å²) >= 11 is 0. The average Bonchev–Trinajstić information content (AvgIpc) is 2.96. The molecule has 1 atom stereocenters. The van der Waals surface area contributed by atoms with Gasteiger partial charge in [0.05, 0.1) is 11.4 Å². The van der Waals surface area contributed by atoms with Gasteiger partial charge in [-0.25, -0.2) is 13.9 Å². The molecule has 3 rings (SSSR count). The van der Waals surface area contributed by atoms with Crippen LogP contribution < -0.4 is 10.6 Å². The maximum atomic E-state index is 13.0. The van der Waals surface area contributed by atoms with Gasteiger partial charge < -0.3 is 15.5 Å². The summed E-state index contributed by atoms with van der Waals surface area (Å²) in [5.74, 6) is -0.457. The number of amides is 3. The molecule has 25 heavy (non-hydrogen) atoms. The monoisotopic (exact) mass is 345 g/mol. The van der Waals surface area contributed by atoms with Crippen LogP contribution in [0.4, 0.5) is 9.18 Å². The molecule has 7 nitrogen and oxygen atoms in total. The number of rotatable bonds is 3. The molecule has 0 unspecified atom stereocenters. The van der Waals surface area contributed by atoms with Crippen molar-refractivity contribution in [2.75, 3.05) is 13.1 Å². The van der Waals surface area contributed by atoms with E-state index in [-0.39, 0.29) is 17.8 Å². The highest BCUT2D eigenvalue weighted by atomic mass is 19.1. The number of halogens is 1. The SMILES string of the molecule is Cc1nn(-c2ccc(F)cc2)cc1CNC(=O)N1CCNC(=O)[C@@H]1C. The van der Waals surface area contributed by atoms with Crippen molar-refractivity contribution in [1.29, 1.82) is 0 Å². The molecule has 1 saturated heterocycles. The van der Waals surface area contributed by atoms with Gasteiger partial charge in [-0.1, -0.05) is 0 Å². The number of nitrogens with one attached hydrogen (secondary N) is 2. The van der Waals surface area contributed by atoms with Crippen LogP contribution in [0.2, 0.25) is 0 Å². The Morgan fingerprint density at radius 2 is 2.12 bits per heavy atom. The highest BCUT2D eigenvalue weighted by Gasteiger charge is 2.29. The van der Waals surface area contributed by atoms with Crippen LogP contribution in [0.25, 0.3) is 5.69 Å². The van der Waals surface area contributed by atoms with Crippen LogP contribution in [0.15, 0.2) is 30.5 Å². The summed E-state index contributed by atoms with van der Waals surface area (Å²) in [7, 11) is 0. The Bertz CT molecular complexity index is 787. The lowest BCUT2D eigenvalue weighted by molar-refractivity contribution is -0.126. The normalized spacial score (nSPS) is 17.3. The first kappa shape index (κ1) is 16.9. The largest absolute Gasteiger partial charge is 0.353 e. The van der Waals surface area contributed by atoms with E-state index in [1.54, 1.807) is 29.9 Å². The molecule has 0 bridgehead atoms. The minimum atomic E-state index is -0.489. The van der Waals surface area contributed by atoms with E-state index >= 15 is 0 Å². The molecule has 1 aromatic carbocycles. The van der Waals surface area contributed by atoms with Gasteiger partial charge in [-0.2, -0.15) is 5.10 Å². The number of hydrogen-bond donors (Lipinski definition) is 2. The Morgan fingerprint density at radius 1 is 1.40 bits per heavy atom. The molecule has 2 N–H and O–H groups in total. The predicted molar refractivity (Wildman–Crippen MR) is 89.7 cm³/mol. The molecule has 8 heteroatoms. The van der Waals surface area contributed by atoms with Crippen molar-refractivity contribution in [2.24, 2.45) is 0 Å². The maximum absolute atomic E-state index is 13.0. The quantitative estimate of drug-likeness (QED) is 0.881. The van der Waals surface area contributed by atoms with Crippen LogP contribution in [-0.4, -0.2) is 45.8 Å². The van der Waals surface area contributed by atoms with Crippen molar-refractivity contribution in [2.45, 2.75) is 26.4 Å². The Kier molecular flexibility index (Phi) is 4.69. The standard InChI is InChI=1S/C17H20FN5O2/c1-11-13(10-23(21-11)15-5-3-14(18)4-6-15)9-20-17(25)22-8-7-19-16(24)12(22)2/h3-6,10,12H,7-9H2,1-2H3,(H,19,24)(H,20,25)/t12-/m0/s1. The molecule has 132 valence electrons. The Labute approximate surface area is 144 Å². The average molecular weight is 345 g/mol. The van der Waals surface area contributed by atoms with Crippen LogP contribution in [0.3, 0.4) is 0 Å². The summed E-state index contributed by atoms with van der Waals surface area (Å²) in [5, 5.41) is 9.95. The zero-order chi connectivity index (χ0) is 18.0. The topological polar surface area (TPSA) is 79.3 Å². The highest BCUT2D eigenvalue weighted by Crippen LogP contribution is 2.13. The number of urea groups is 1. The molecule has 3 amide bonds. The third kappa shape index (κ3) is 3.62. The van der Waals surface area contributed by atoms with Crippen molar-refractivity contribution in [3.8, 4) is 5.69 Å². The lowest BCUT2D eigenvalue weighted by Gasteiger charge is -2.32. The van der Waals surface area contributed by atoms with E-state index in [9.17, 15) is 14.0 Å². The van der Waals surface area contributed by atoms with Gasteiger partial charge in [-0.3, -0.25) is 4.79 Å². The van der Waals surface area contributed by atoms with E-state index in [2.05, 4.69) is 15.7 Å². The van der Waals surface area contributed by atoms with Crippen molar-refractivity contribution in [3.05, 3.63) is 47.5 Å². The highest BCUT2D eigenvalue weighted by molar-refractivity contribution is 5.87. The predicted octanol–water partition coefficient (Wildman–Crippen LogP) is 1.35. The number of carbonyl (C=O) groups excluding carboxylic acids is 2. The van der Waals surface area contributed by atoms with Gasteiger partial charge in [0.15, 0.2) is 0 Å². The zero-order valence-corrected chi connectivity index (χ0v) is 14.1. The lowest BCUT2D eigenvalue weighted by Crippen LogP contribution is -2.58. The Morgan fingerprint density at radius 3 is 2.84 bits per heavy atom. The van der Waals surface area contributed by atoms with Gasteiger partial charge in [-0.05, 0) is 38.1 Å². The molecular weight excluding hydrogens is 325 g/mol. The van der Waals surface area contributed by atoms with Crippen molar-refractivity contribution < 1.29 is 14.0 Å². The van der Waals surface area contributed by atoms with Gasteiger partial charge in [-0.15, -0.1) is 0 Å². The van der Waals surface area contributed by atoms with Gasteiger partial charge in [0.2, 0.25) is 5.91 Å². The second-order valence-corrected chi connectivity index (χ2v) is 5.98. The number of aromatic nitrogens is 2. The maximum Gasteiger partial charge on any atom is 0.318 e. The number of nitrogens with zero attached hydrogens (tertiary/aromatic N) is 3. The second-order valence-electron chi connectivity index (χ2n) is 5.98. The zero-order valence-electron chi connectivity index (χ0n) is 14.1. The van der Waals surface area contributed by atoms with E-state index in [0.717, 1.165) is 16.9 Å². The van der Waals surface area contributed by atoms with Crippen molar-refractivity contribution >= 4 is 11.9 Å². The molecule has 0 spiro atoms. The molecule has 1 fully saturated rings. The number of hydrogen-bond acceptors (Lipinski definition) is 3. The number of aryl methyl sites for hydroxylation is 1. The lowest BCUT2D eigenvalue weighted by atomic mass is 10.2. The van der Waals surface area contributed by atoms with E-state index in [1.165, 1.54) is 17.0 Å². The van der Waals surface area contributed by atoms with Crippen LogP contribution >= 0.6 is 0 Å². The van der Waals surface area contributed by atoms with Gasteiger partial charge in [0.25, 0.3) is 0 Å². The number of piperazine rings is 1. The van der Waals surface area contributed by atoms with Gasteiger partial charge in [0.1, 0.15) is 11.9 Å². The summed E-state index contributed by atoms with van der Waals surface area (Å²) in [6, 6.07) is 5.25. The number of carbonyl (C=O) groups is 2. The molecule has 2 aromatic rings. The van der Waals surface area contributed by atoms with Crippen LogP contribution in [0.5, 0.6) is 0 Å². The summed E-state index contributed by atoms with van der Waals surface area (Å²) in [4.78, 5) is 25.5. The molecular formula is C17H20FN5O2. The summed E-state index contributed by atoms with van der Waals surface area (Å²) < 4.78 is 14.7. The third-order valence-corrected chi connectivity index (χ3v) is 4.28. The summed E-state index contributed by atoms with van der Waals surface area (Å²) in [5.41, 5.74) is 2.37. The van der Waals surface area contributed by atoms with Crippen LogP contribution in [0.1, 0.15) is 18.2 Å². The minimum Gasteiger partial charge on any atom is -0.353 e. The molecule has 1 aliphatic heterocycles. The fraction of sp³-hybridized carbons (Fsp3) is 0.353. The fourth-order valence-corrected chi connectivity index (χ4v) is 2.73. The first-order valence-corrected chi connectivity index (χ1v) is 8.09. The summed E-state index contributed by atoms with van der Waals surface area (Å²) in [6.07, 6.45) is 1.80. The van der Waals surface area contributed by atoms with Crippen molar-refractivity contribution in [3.63, 3.8) is 0 Å². The molecule has 1 aliphatic rings. The second kappa shape index (κ2) is 6.92. The molecule has 1 aromatic heterocycles. The molecule has 2 heterocycles. The van der Waals surface area contributed by atoms with Crippen LogP contribution in [-0.2, 0) is 11.3 Å². The van der Waals surface area contributed by atoms with E-state index in [1.807, 2.05) is 6.92 Å². The number of benzene rings is 1. The Hall–Kier alpha value is -2.90. The molecule has 0 saturated carbocycles.